The third kappa shape index (κ3) is 6.07. The third-order valence-electron chi connectivity index (χ3n) is 4.96. The highest BCUT2D eigenvalue weighted by Gasteiger charge is 2.14. The highest BCUT2D eigenvalue weighted by molar-refractivity contribution is 6.37. The number of aromatic nitrogens is 2. The monoisotopic (exact) mass is 469 g/mol. The molecule has 0 saturated carbocycles. The summed E-state index contributed by atoms with van der Waals surface area (Å²) in [6.45, 7) is 0.852. The SMILES string of the molecule is Nc1nc(N)c2c(Cl)c(CNc3ccc(C(=O)NC(C=O)CCCNC=O)cc3)ccc2n1. The van der Waals surface area contributed by atoms with Gasteiger partial charge in [-0.05, 0) is 48.7 Å². The van der Waals surface area contributed by atoms with E-state index in [1.165, 1.54) is 0 Å². The van der Waals surface area contributed by atoms with Gasteiger partial charge >= 0.3 is 0 Å². The molecule has 0 fully saturated rings. The first-order chi connectivity index (χ1) is 15.9. The van der Waals surface area contributed by atoms with E-state index >= 15 is 0 Å². The van der Waals surface area contributed by atoms with Gasteiger partial charge < -0.3 is 32.2 Å². The quantitative estimate of drug-likeness (QED) is 0.210. The molecule has 10 nitrogen and oxygen atoms in total. The molecule has 1 aromatic heterocycles. The van der Waals surface area contributed by atoms with Crippen LogP contribution in [0.5, 0.6) is 0 Å². The van der Waals surface area contributed by atoms with E-state index in [1.807, 2.05) is 6.07 Å². The van der Waals surface area contributed by atoms with Gasteiger partial charge in [0.15, 0.2) is 0 Å². The lowest BCUT2D eigenvalue weighted by Gasteiger charge is -2.13. The van der Waals surface area contributed by atoms with Gasteiger partial charge in [-0.15, -0.1) is 0 Å². The molecule has 2 aromatic carbocycles. The number of fused-ring (bicyclic) bond motifs is 1. The van der Waals surface area contributed by atoms with E-state index in [9.17, 15) is 14.4 Å². The number of hydrogen-bond acceptors (Lipinski definition) is 8. The summed E-state index contributed by atoms with van der Waals surface area (Å²) in [6.07, 6.45) is 2.30. The highest BCUT2D eigenvalue weighted by Crippen LogP contribution is 2.30. The molecule has 0 saturated heterocycles. The second kappa shape index (κ2) is 11.1. The van der Waals surface area contributed by atoms with E-state index in [0.717, 1.165) is 11.3 Å². The second-order valence-corrected chi connectivity index (χ2v) is 7.64. The molecule has 0 bridgehead atoms. The first kappa shape index (κ1) is 23.7. The number of nitrogens with two attached hydrogens (primary N) is 2. The van der Waals surface area contributed by atoms with Crippen LogP contribution in [0.25, 0.3) is 10.9 Å². The number of carbonyl (C=O) groups excluding carboxylic acids is 3. The fourth-order valence-electron chi connectivity index (χ4n) is 3.26. The number of hydrogen-bond donors (Lipinski definition) is 5. The molecule has 172 valence electrons. The number of rotatable bonds is 11. The molecule has 0 aliphatic heterocycles. The average molecular weight is 470 g/mol. The number of aldehydes is 1. The van der Waals surface area contributed by atoms with Gasteiger partial charge in [0.05, 0.1) is 22.0 Å². The Labute approximate surface area is 195 Å². The minimum Gasteiger partial charge on any atom is -0.383 e. The number of anilines is 3. The molecule has 33 heavy (non-hydrogen) atoms. The van der Waals surface area contributed by atoms with Gasteiger partial charge in [-0.3, -0.25) is 9.59 Å². The Hall–Kier alpha value is -3.92. The van der Waals surface area contributed by atoms with E-state index in [0.29, 0.717) is 60.1 Å². The maximum Gasteiger partial charge on any atom is 0.251 e. The topological polar surface area (TPSA) is 165 Å². The van der Waals surface area contributed by atoms with Gasteiger partial charge in [0.2, 0.25) is 12.4 Å². The van der Waals surface area contributed by atoms with E-state index < -0.39 is 6.04 Å². The molecule has 0 spiro atoms. The molecule has 2 amide bonds. The lowest BCUT2D eigenvalue weighted by atomic mass is 10.1. The molecular weight excluding hydrogens is 446 g/mol. The van der Waals surface area contributed by atoms with Crippen molar-refractivity contribution >= 4 is 58.6 Å². The summed E-state index contributed by atoms with van der Waals surface area (Å²) in [7, 11) is 0. The van der Waals surface area contributed by atoms with Gasteiger partial charge in [-0.2, -0.15) is 4.98 Å². The van der Waals surface area contributed by atoms with Crippen LogP contribution in [0, 0.1) is 0 Å². The molecule has 7 N–H and O–H groups in total. The summed E-state index contributed by atoms with van der Waals surface area (Å²) in [4.78, 5) is 42.0. The molecule has 1 heterocycles. The molecule has 1 atom stereocenters. The third-order valence-corrected chi connectivity index (χ3v) is 5.39. The summed E-state index contributed by atoms with van der Waals surface area (Å²) in [6, 6.07) is 9.81. The summed E-state index contributed by atoms with van der Waals surface area (Å²) in [5.41, 5.74) is 14.1. The minimum atomic E-state index is -0.620. The maximum atomic E-state index is 12.4. The van der Waals surface area contributed by atoms with Gasteiger partial charge in [-0.1, -0.05) is 17.7 Å². The van der Waals surface area contributed by atoms with Crippen molar-refractivity contribution in [3.8, 4) is 0 Å². The Balaban J connectivity index is 1.60. The minimum absolute atomic E-state index is 0.0837. The van der Waals surface area contributed by atoms with Crippen LogP contribution >= 0.6 is 11.6 Å². The molecule has 3 aromatic rings. The number of carbonyl (C=O) groups is 3. The van der Waals surface area contributed by atoms with Crippen LogP contribution in [0.2, 0.25) is 5.02 Å². The summed E-state index contributed by atoms with van der Waals surface area (Å²) < 4.78 is 0. The number of amides is 2. The molecule has 3 rings (SSSR count). The van der Waals surface area contributed by atoms with Gasteiger partial charge in [-0.25, -0.2) is 4.98 Å². The Morgan fingerprint density at radius 3 is 2.55 bits per heavy atom. The molecule has 0 aliphatic rings. The Morgan fingerprint density at radius 2 is 1.85 bits per heavy atom. The van der Waals surface area contributed by atoms with E-state index in [4.69, 9.17) is 23.1 Å². The molecule has 0 radical (unpaired) electrons. The fourth-order valence-corrected chi connectivity index (χ4v) is 3.58. The standard InChI is InChI=1S/C22H24ClN7O3/c23-19-14(5-8-17-18(19)20(24)30-22(25)29-17)10-27-15-6-3-13(4-7-15)21(33)28-16(11-31)2-1-9-26-12-32/h3-8,11-12,16,27H,1-2,9-10H2,(H,26,32)(H,28,33)(H4,24,25,29,30). The Bertz CT molecular complexity index is 1150. The smallest absolute Gasteiger partial charge is 0.251 e. The zero-order valence-electron chi connectivity index (χ0n) is 17.7. The fraction of sp³-hybridized carbons (Fsp3) is 0.227. The highest BCUT2D eigenvalue weighted by atomic mass is 35.5. The Morgan fingerprint density at radius 1 is 1.09 bits per heavy atom. The number of halogens is 1. The van der Waals surface area contributed by atoms with Crippen molar-refractivity contribution in [2.24, 2.45) is 0 Å². The van der Waals surface area contributed by atoms with Crippen molar-refractivity contribution in [1.29, 1.82) is 0 Å². The van der Waals surface area contributed by atoms with Crippen molar-refractivity contribution < 1.29 is 14.4 Å². The predicted octanol–water partition coefficient (Wildman–Crippen LogP) is 1.88. The Kier molecular flexibility index (Phi) is 7.98. The lowest BCUT2D eigenvalue weighted by Crippen LogP contribution is -2.36. The van der Waals surface area contributed by atoms with E-state index in [-0.39, 0.29) is 17.7 Å². The van der Waals surface area contributed by atoms with Gasteiger partial charge in [0.25, 0.3) is 5.91 Å². The zero-order chi connectivity index (χ0) is 23.8. The van der Waals surface area contributed by atoms with Crippen molar-refractivity contribution in [1.82, 2.24) is 20.6 Å². The number of nitrogens with zero attached hydrogens (tertiary/aromatic N) is 2. The zero-order valence-corrected chi connectivity index (χ0v) is 18.4. The molecule has 1 unspecified atom stereocenters. The maximum absolute atomic E-state index is 12.4. The summed E-state index contributed by atoms with van der Waals surface area (Å²) >= 11 is 6.50. The van der Waals surface area contributed by atoms with Crippen LogP contribution < -0.4 is 27.4 Å². The first-order valence-corrected chi connectivity index (χ1v) is 10.6. The van der Waals surface area contributed by atoms with Crippen molar-refractivity contribution in [2.45, 2.75) is 25.4 Å². The van der Waals surface area contributed by atoms with Crippen molar-refractivity contribution in [3.63, 3.8) is 0 Å². The first-order valence-electron chi connectivity index (χ1n) is 10.2. The molecule has 0 aliphatic carbocycles. The summed E-state index contributed by atoms with van der Waals surface area (Å²) in [5.74, 6) is -0.0527. The van der Waals surface area contributed by atoms with Crippen LogP contribution in [0.1, 0.15) is 28.8 Å². The van der Waals surface area contributed by atoms with Gasteiger partial charge in [0.1, 0.15) is 12.1 Å². The number of nitrogen functional groups attached to an aromatic ring is 2. The van der Waals surface area contributed by atoms with E-state index in [1.54, 1.807) is 30.3 Å². The molecular formula is C22H24ClN7O3. The number of nitrogens with one attached hydrogen (secondary N) is 3. The van der Waals surface area contributed by atoms with Crippen LogP contribution in [-0.2, 0) is 16.1 Å². The lowest BCUT2D eigenvalue weighted by molar-refractivity contribution is -0.109. The van der Waals surface area contributed by atoms with Crippen molar-refractivity contribution in [3.05, 3.63) is 52.5 Å². The second-order valence-electron chi connectivity index (χ2n) is 7.26. The average Bonchev–Trinajstić information content (AvgIpc) is 2.80. The largest absolute Gasteiger partial charge is 0.383 e. The number of benzene rings is 2. The van der Waals surface area contributed by atoms with Gasteiger partial charge in [0, 0.05) is 24.3 Å². The summed E-state index contributed by atoms with van der Waals surface area (Å²) in [5, 5.41) is 9.42. The molecule has 11 heteroatoms. The van der Waals surface area contributed by atoms with Crippen LogP contribution in [0.15, 0.2) is 36.4 Å². The van der Waals surface area contributed by atoms with Crippen molar-refractivity contribution in [2.75, 3.05) is 23.3 Å². The van der Waals surface area contributed by atoms with Crippen LogP contribution in [0.4, 0.5) is 17.5 Å². The van der Waals surface area contributed by atoms with Crippen LogP contribution in [-0.4, -0.2) is 41.2 Å². The van der Waals surface area contributed by atoms with E-state index in [2.05, 4.69) is 25.9 Å². The normalized spacial score (nSPS) is 11.5. The predicted molar refractivity (Wildman–Crippen MR) is 128 cm³/mol. The van der Waals surface area contributed by atoms with Crippen LogP contribution in [0.3, 0.4) is 0 Å².